The predicted molar refractivity (Wildman–Crippen MR) is 167 cm³/mol. The maximum absolute atomic E-state index is 14.2. The average molecular weight is 614 g/mol. The zero-order valence-corrected chi connectivity index (χ0v) is 26.8. The van der Waals surface area contributed by atoms with Crippen LogP contribution < -0.4 is 14.4 Å². The van der Waals surface area contributed by atoms with E-state index in [0.29, 0.717) is 22.8 Å². The van der Waals surface area contributed by atoms with E-state index in [1.807, 2.05) is 46.8 Å². The lowest BCUT2D eigenvalue weighted by atomic mass is 10.1. The monoisotopic (exact) mass is 613 g/mol. The summed E-state index contributed by atoms with van der Waals surface area (Å²) in [6, 6.07) is 17.7. The van der Waals surface area contributed by atoms with Gasteiger partial charge in [0.2, 0.25) is 11.8 Å². The Hall–Kier alpha value is -3.56. The van der Waals surface area contributed by atoms with Gasteiger partial charge in [0.1, 0.15) is 18.3 Å². The van der Waals surface area contributed by atoms with E-state index in [1.54, 1.807) is 56.5 Å². The second-order valence-electron chi connectivity index (χ2n) is 11.2. The van der Waals surface area contributed by atoms with E-state index in [-0.39, 0.29) is 23.0 Å². The van der Waals surface area contributed by atoms with Crippen LogP contribution in [0.5, 0.6) is 5.75 Å². The number of nitrogens with zero attached hydrogens (tertiary/aromatic N) is 2. The van der Waals surface area contributed by atoms with Crippen LogP contribution in [0.3, 0.4) is 0 Å². The SMILES string of the molecule is CC[C@H](C(=O)NC(C)(C)C)N(Cc1ccc(OC)cc1)C(=O)CN(c1cccc(Cl)c1C)S(=O)(=O)c1ccc(C)cc1. The minimum atomic E-state index is -4.19. The first-order chi connectivity index (χ1) is 19.7. The lowest BCUT2D eigenvalue weighted by Gasteiger charge is -2.35. The highest BCUT2D eigenvalue weighted by molar-refractivity contribution is 7.92. The highest BCUT2D eigenvalue weighted by atomic mass is 35.5. The van der Waals surface area contributed by atoms with Crippen LogP contribution in [0.15, 0.2) is 71.6 Å². The minimum Gasteiger partial charge on any atom is -0.497 e. The normalized spacial score (nSPS) is 12.4. The van der Waals surface area contributed by atoms with E-state index < -0.39 is 34.1 Å². The summed E-state index contributed by atoms with van der Waals surface area (Å²) in [6.07, 6.45) is 0.324. The van der Waals surface area contributed by atoms with Crippen LogP contribution in [0.25, 0.3) is 0 Å². The molecule has 1 atom stereocenters. The van der Waals surface area contributed by atoms with Gasteiger partial charge in [0, 0.05) is 17.1 Å². The molecule has 3 aromatic carbocycles. The molecular formula is C32H40ClN3O5S. The summed E-state index contributed by atoms with van der Waals surface area (Å²) in [5, 5.41) is 3.34. The van der Waals surface area contributed by atoms with Gasteiger partial charge < -0.3 is 15.0 Å². The smallest absolute Gasteiger partial charge is 0.264 e. The van der Waals surface area contributed by atoms with Crippen molar-refractivity contribution in [1.82, 2.24) is 10.2 Å². The molecule has 42 heavy (non-hydrogen) atoms. The van der Waals surface area contributed by atoms with Crippen LogP contribution in [-0.4, -0.2) is 50.4 Å². The Morgan fingerprint density at radius 2 is 1.60 bits per heavy atom. The molecule has 8 nitrogen and oxygen atoms in total. The van der Waals surface area contributed by atoms with Crippen molar-refractivity contribution >= 4 is 39.1 Å². The van der Waals surface area contributed by atoms with Gasteiger partial charge in [-0.1, -0.05) is 54.4 Å². The molecule has 0 spiro atoms. The quantitative estimate of drug-likeness (QED) is 0.291. The van der Waals surface area contributed by atoms with Crippen molar-refractivity contribution in [3.05, 3.63) is 88.4 Å². The molecule has 10 heteroatoms. The van der Waals surface area contributed by atoms with Crippen LogP contribution in [0.4, 0.5) is 5.69 Å². The van der Waals surface area contributed by atoms with Crippen LogP contribution in [-0.2, 0) is 26.2 Å². The van der Waals surface area contributed by atoms with E-state index in [2.05, 4.69) is 5.32 Å². The second kappa shape index (κ2) is 13.6. The van der Waals surface area contributed by atoms with Gasteiger partial charge in [0.25, 0.3) is 10.0 Å². The summed E-state index contributed by atoms with van der Waals surface area (Å²) < 4.78 is 34.5. The molecule has 0 heterocycles. The summed E-state index contributed by atoms with van der Waals surface area (Å²) in [4.78, 5) is 29.2. The Bertz CT molecular complexity index is 1500. The number of carbonyl (C=O) groups is 2. The first kappa shape index (κ1) is 32.9. The second-order valence-corrected chi connectivity index (χ2v) is 13.5. The number of ether oxygens (including phenoxy) is 1. The molecule has 0 radical (unpaired) electrons. The molecule has 3 aromatic rings. The molecule has 0 saturated heterocycles. The first-order valence-electron chi connectivity index (χ1n) is 13.8. The van der Waals surface area contributed by atoms with Crippen molar-refractivity contribution in [1.29, 1.82) is 0 Å². The van der Waals surface area contributed by atoms with Crippen molar-refractivity contribution in [2.45, 2.75) is 71.0 Å². The topological polar surface area (TPSA) is 96.0 Å². The van der Waals surface area contributed by atoms with Crippen LogP contribution in [0.1, 0.15) is 50.8 Å². The van der Waals surface area contributed by atoms with Gasteiger partial charge in [-0.25, -0.2) is 8.42 Å². The largest absolute Gasteiger partial charge is 0.497 e. The summed E-state index contributed by atoms with van der Waals surface area (Å²) in [7, 11) is -2.63. The molecule has 3 rings (SSSR count). The average Bonchev–Trinajstić information content (AvgIpc) is 2.92. The summed E-state index contributed by atoms with van der Waals surface area (Å²) >= 11 is 6.40. The fourth-order valence-electron chi connectivity index (χ4n) is 4.52. The number of hydrogen-bond acceptors (Lipinski definition) is 5. The minimum absolute atomic E-state index is 0.0412. The number of aryl methyl sites for hydroxylation is 1. The number of amides is 2. The van der Waals surface area contributed by atoms with Crippen molar-refractivity contribution in [3.8, 4) is 5.75 Å². The molecular weight excluding hydrogens is 574 g/mol. The predicted octanol–water partition coefficient (Wildman–Crippen LogP) is 5.88. The fourth-order valence-corrected chi connectivity index (χ4v) is 6.16. The number of methoxy groups -OCH3 is 1. The molecule has 0 aliphatic carbocycles. The number of benzene rings is 3. The lowest BCUT2D eigenvalue weighted by molar-refractivity contribution is -0.141. The standard InChI is InChI=1S/C32H40ClN3O5S/c1-8-28(31(38)34-32(4,5)6)35(20-24-14-16-25(41-7)17-15-24)30(37)21-36(29-11-9-10-27(33)23(29)3)42(39,40)26-18-12-22(2)13-19-26/h9-19,28H,8,20-21H2,1-7H3,(H,34,38)/t28-/m1/s1. The molecule has 0 aliphatic heterocycles. The van der Waals surface area contributed by atoms with E-state index in [9.17, 15) is 18.0 Å². The van der Waals surface area contributed by atoms with Gasteiger partial charge in [-0.3, -0.25) is 13.9 Å². The third-order valence-electron chi connectivity index (χ3n) is 6.79. The third-order valence-corrected chi connectivity index (χ3v) is 8.98. The third kappa shape index (κ3) is 8.04. The number of hydrogen-bond donors (Lipinski definition) is 1. The highest BCUT2D eigenvalue weighted by Gasteiger charge is 2.35. The Morgan fingerprint density at radius 1 is 0.976 bits per heavy atom. The first-order valence-corrected chi connectivity index (χ1v) is 15.6. The number of rotatable bonds is 11. The lowest BCUT2D eigenvalue weighted by Crippen LogP contribution is -2.55. The van der Waals surface area contributed by atoms with Crippen LogP contribution in [0.2, 0.25) is 5.02 Å². The highest BCUT2D eigenvalue weighted by Crippen LogP contribution is 2.31. The van der Waals surface area contributed by atoms with Crippen molar-refractivity contribution < 1.29 is 22.7 Å². The van der Waals surface area contributed by atoms with Crippen LogP contribution in [0, 0.1) is 13.8 Å². The Kier molecular flexibility index (Phi) is 10.7. The molecule has 0 aromatic heterocycles. The zero-order chi connectivity index (χ0) is 31.2. The van der Waals surface area contributed by atoms with E-state index in [1.165, 1.54) is 17.0 Å². The molecule has 0 saturated carbocycles. The van der Waals surface area contributed by atoms with Gasteiger partial charge in [-0.05, 0) is 88.6 Å². The number of sulfonamides is 1. The van der Waals surface area contributed by atoms with E-state index >= 15 is 0 Å². The van der Waals surface area contributed by atoms with Crippen LogP contribution >= 0.6 is 11.6 Å². The summed E-state index contributed by atoms with van der Waals surface area (Å²) in [5.41, 5.74) is 1.93. The summed E-state index contributed by atoms with van der Waals surface area (Å²) in [6.45, 7) is 10.5. The molecule has 0 unspecified atom stereocenters. The number of carbonyl (C=O) groups excluding carboxylic acids is 2. The van der Waals surface area contributed by atoms with Crippen molar-refractivity contribution in [2.75, 3.05) is 18.0 Å². The fraction of sp³-hybridized carbons (Fsp3) is 0.375. The van der Waals surface area contributed by atoms with E-state index in [4.69, 9.17) is 16.3 Å². The van der Waals surface area contributed by atoms with Gasteiger partial charge in [-0.15, -0.1) is 0 Å². The van der Waals surface area contributed by atoms with Gasteiger partial charge in [0.15, 0.2) is 0 Å². The number of halogens is 1. The van der Waals surface area contributed by atoms with E-state index in [0.717, 1.165) is 15.4 Å². The Labute approximate surface area is 254 Å². The maximum Gasteiger partial charge on any atom is 0.264 e. The number of nitrogens with one attached hydrogen (secondary N) is 1. The zero-order valence-electron chi connectivity index (χ0n) is 25.3. The molecule has 226 valence electrons. The van der Waals surface area contributed by atoms with Crippen molar-refractivity contribution in [3.63, 3.8) is 0 Å². The Morgan fingerprint density at radius 3 is 2.14 bits per heavy atom. The molecule has 1 N–H and O–H groups in total. The molecule has 2 amide bonds. The van der Waals surface area contributed by atoms with Gasteiger partial charge in [-0.2, -0.15) is 0 Å². The maximum atomic E-state index is 14.2. The molecule has 0 fully saturated rings. The molecule has 0 bridgehead atoms. The van der Waals surface area contributed by atoms with Crippen molar-refractivity contribution in [2.24, 2.45) is 0 Å². The summed E-state index contributed by atoms with van der Waals surface area (Å²) in [5.74, 6) is -0.198. The Balaban J connectivity index is 2.11. The van der Waals surface area contributed by atoms with Gasteiger partial charge in [0.05, 0.1) is 17.7 Å². The van der Waals surface area contributed by atoms with Gasteiger partial charge >= 0.3 is 0 Å². The molecule has 0 aliphatic rings. The number of anilines is 1.